The fraction of sp³-hybridized carbons (Fsp3) is 0.939. The molecule has 0 saturated heterocycles. The summed E-state index contributed by atoms with van der Waals surface area (Å²) in [6.07, 6.45) is 6.61. The number of rotatable bonds is 28. The zero-order valence-corrected chi connectivity index (χ0v) is 32.6. The molecule has 0 N–H and O–H groups in total. The highest BCUT2D eigenvalue weighted by atomic mass is 33.1. The lowest BCUT2D eigenvalue weighted by Gasteiger charge is -2.27. The molecule has 43 heavy (non-hydrogen) atoms. The van der Waals surface area contributed by atoms with Gasteiger partial charge in [0.25, 0.3) is 0 Å². The maximum absolute atomic E-state index is 12.4. The first kappa shape index (κ1) is 43.3. The third kappa shape index (κ3) is 27.1. The van der Waals surface area contributed by atoms with E-state index in [0.29, 0.717) is 50.0 Å². The first-order chi connectivity index (χ1) is 20.2. The van der Waals surface area contributed by atoms with E-state index < -0.39 is 0 Å². The predicted octanol–water partition coefficient (Wildman–Crippen LogP) is 8.79. The van der Waals surface area contributed by atoms with Gasteiger partial charge in [-0.25, -0.2) is 0 Å². The van der Waals surface area contributed by atoms with Gasteiger partial charge in [-0.1, -0.05) is 111 Å². The van der Waals surface area contributed by atoms with Gasteiger partial charge in [-0.3, -0.25) is 9.59 Å². The van der Waals surface area contributed by atoms with Gasteiger partial charge < -0.3 is 19.3 Å². The highest BCUT2D eigenvalue weighted by Gasteiger charge is 2.22. The van der Waals surface area contributed by atoms with Crippen LogP contribution >= 0.6 is 43.2 Å². The Balaban J connectivity index is 4.26. The van der Waals surface area contributed by atoms with E-state index in [1.165, 1.54) is 25.7 Å². The molecule has 0 aliphatic carbocycles. The van der Waals surface area contributed by atoms with Gasteiger partial charge in [0, 0.05) is 36.1 Å². The zero-order valence-electron chi connectivity index (χ0n) is 29.3. The smallest absolute Gasteiger partial charge is 0.307 e. The van der Waals surface area contributed by atoms with Crippen LogP contribution in [-0.2, 0) is 19.1 Å². The lowest BCUT2D eigenvalue weighted by molar-refractivity contribution is -0.143. The molecule has 0 aromatic carbocycles. The highest BCUT2D eigenvalue weighted by molar-refractivity contribution is 8.77. The minimum atomic E-state index is -0.162. The summed E-state index contributed by atoms with van der Waals surface area (Å²) in [4.78, 5) is 29.2. The zero-order chi connectivity index (χ0) is 32.7. The average Bonchev–Trinajstić information content (AvgIpc) is 2.92. The largest absolute Gasteiger partial charge is 0.465 e. The van der Waals surface area contributed by atoms with Crippen LogP contribution in [0.15, 0.2) is 0 Å². The van der Waals surface area contributed by atoms with Gasteiger partial charge in [-0.05, 0) is 69.1 Å². The monoisotopic (exact) mass is 682 g/mol. The molecule has 0 amide bonds. The third-order valence-electron chi connectivity index (χ3n) is 7.47. The molecule has 2 unspecified atom stereocenters. The van der Waals surface area contributed by atoms with Crippen LogP contribution in [0, 0.1) is 22.7 Å². The standard InChI is InChI=1S/C33H66N2O4S4/c1-11-28(3)24-32(5,6)26-42-40-22-20-38-30(36)14-18-35(17-13-16-34(9)10)19-15-31(37)39-21-23-41-43-27-33(7,8)25-29(4)12-2/h28-29H,11-27H2,1-10H3. The summed E-state index contributed by atoms with van der Waals surface area (Å²) >= 11 is 0. The molecular weight excluding hydrogens is 617 g/mol. The number of ether oxygens (including phenoxy) is 2. The summed E-state index contributed by atoms with van der Waals surface area (Å²) in [5.74, 6) is 5.01. The molecular formula is C33H66N2O4S4. The van der Waals surface area contributed by atoms with Crippen molar-refractivity contribution < 1.29 is 19.1 Å². The number of carbonyl (C=O) groups excluding carboxylic acids is 2. The van der Waals surface area contributed by atoms with E-state index in [-0.39, 0.29) is 11.9 Å². The van der Waals surface area contributed by atoms with Crippen LogP contribution in [0.3, 0.4) is 0 Å². The Bertz CT molecular complexity index is 673. The lowest BCUT2D eigenvalue weighted by Crippen LogP contribution is -2.32. The van der Waals surface area contributed by atoms with E-state index in [1.54, 1.807) is 21.6 Å². The predicted molar refractivity (Wildman–Crippen MR) is 196 cm³/mol. The minimum absolute atomic E-state index is 0.162. The van der Waals surface area contributed by atoms with Gasteiger partial charge in [0.15, 0.2) is 0 Å². The van der Waals surface area contributed by atoms with Crippen molar-refractivity contribution in [1.29, 1.82) is 0 Å². The van der Waals surface area contributed by atoms with Gasteiger partial charge >= 0.3 is 11.9 Å². The van der Waals surface area contributed by atoms with Crippen molar-refractivity contribution in [3.05, 3.63) is 0 Å². The Labute approximate surface area is 282 Å². The normalized spacial score (nSPS) is 13.9. The van der Waals surface area contributed by atoms with Crippen LogP contribution < -0.4 is 0 Å². The molecule has 0 rings (SSSR count). The minimum Gasteiger partial charge on any atom is -0.465 e. The summed E-state index contributed by atoms with van der Waals surface area (Å²) in [7, 11) is 11.5. The first-order valence-corrected chi connectivity index (χ1v) is 21.3. The highest BCUT2D eigenvalue weighted by Crippen LogP contribution is 2.36. The summed E-state index contributed by atoms with van der Waals surface area (Å²) in [6, 6.07) is 0. The van der Waals surface area contributed by atoms with Gasteiger partial charge in [0.1, 0.15) is 13.2 Å². The fourth-order valence-electron chi connectivity index (χ4n) is 4.78. The molecule has 0 fully saturated rings. The van der Waals surface area contributed by atoms with Gasteiger partial charge in [0.2, 0.25) is 0 Å². The number of hydrogen-bond donors (Lipinski definition) is 0. The molecule has 0 radical (unpaired) electrons. The van der Waals surface area contributed by atoms with Crippen molar-refractivity contribution in [3.8, 4) is 0 Å². The molecule has 6 nitrogen and oxygen atoms in total. The first-order valence-electron chi connectivity index (χ1n) is 16.4. The van der Waals surface area contributed by atoms with Crippen LogP contribution in [0.4, 0.5) is 0 Å². The summed E-state index contributed by atoms with van der Waals surface area (Å²) < 4.78 is 11.0. The van der Waals surface area contributed by atoms with Gasteiger partial charge in [-0.2, -0.15) is 0 Å². The Hall–Kier alpha value is 0.260. The quantitative estimate of drug-likeness (QED) is 0.0455. The Kier molecular flexibility index (Phi) is 25.5. The molecule has 0 aliphatic rings. The van der Waals surface area contributed by atoms with Gasteiger partial charge in [0.05, 0.1) is 12.8 Å². The van der Waals surface area contributed by atoms with E-state index in [0.717, 1.165) is 54.4 Å². The second kappa shape index (κ2) is 25.4. The molecule has 2 atom stereocenters. The maximum atomic E-state index is 12.4. The molecule has 0 heterocycles. The van der Waals surface area contributed by atoms with Crippen molar-refractivity contribution in [2.45, 2.75) is 100 Å². The fourth-order valence-corrected chi connectivity index (χ4v) is 9.89. The summed E-state index contributed by atoms with van der Waals surface area (Å²) in [6.45, 7) is 22.4. The Morgan fingerprint density at radius 1 is 0.674 bits per heavy atom. The van der Waals surface area contributed by atoms with Crippen LogP contribution in [0.1, 0.15) is 100 Å². The molecule has 0 aliphatic heterocycles. The van der Waals surface area contributed by atoms with Crippen LogP contribution in [0.2, 0.25) is 0 Å². The van der Waals surface area contributed by atoms with Gasteiger partial charge in [-0.15, -0.1) is 0 Å². The van der Waals surface area contributed by atoms with Crippen molar-refractivity contribution >= 4 is 55.1 Å². The summed E-state index contributed by atoms with van der Waals surface area (Å²) in [5, 5.41) is 0. The molecule has 10 heteroatoms. The topological polar surface area (TPSA) is 59.1 Å². The Morgan fingerprint density at radius 3 is 1.47 bits per heavy atom. The van der Waals surface area contributed by atoms with E-state index in [2.05, 4.69) is 79.3 Å². The Morgan fingerprint density at radius 2 is 1.09 bits per heavy atom. The second-order valence-corrected chi connectivity index (χ2v) is 19.0. The van der Waals surface area contributed by atoms with E-state index >= 15 is 0 Å². The molecule has 0 saturated carbocycles. The molecule has 0 bridgehead atoms. The molecule has 0 aromatic rings. The van der Waals surface area contributed by atoms with E-state index in [4.69, 9.17) is 9.47 Å². The van der Waals surface area contributed by atoms with E-state index in [9.17, 15) is 9.59 Å². The van der Waals surface area contributed by atoms with Crippen LogP contribution in [0.5, 0.6) is 0 Å². The second-order valence-electron chi connectivity index (χ2n) is 13.9. The van der Waals surface area contributed by atoms with Crippen LogP contribution in [0.25, 0.3) is 0 Å². The third-order valence-corrected chi connectivity index (χ3v) is 13.0. The molecule has 0 spiro atoms. The van der Waals surface area contributed by atoms with Crippen molar-refractivity contribution in [1.82, 2.24) is 9.80 Å². The average molecular weight is 683 g/mol. The molecule has 256 valence electrons. The number of nitrogens with zero attached hydrogens (tertiary/aromatic N) is 2. The maximum Gasteiger partial charge on any atom is 0.307 e. The van der Waals surface area contributed by atoms with Crippen LogP contribution in [-0.4, -0.2) is 98.2 Å². The lowest BCUT2D eigenvalue weighted by atomic mass is 9.84. The van der Waals surface area contributed by atoms with E-state index in [1.807, 2.05) is 21.6 Å². The van der Waals surface area contributed by atoms with Crippen molar-refractivity contribution in [2.24, 2.45) is 22.7 Å². The van der Waals surface area contributed by atoms with Crippen molar-refractivity contribution in [2.75, 3.05) is 76.5 Å². The number of esters is 2. The summed E-state index contributed by atoms with van der Waals surface area (Å²) in [5.41, 5.74) is 0.655. The number of hydrogen-bond acceptors (Lipinski definition) is 10. The molecule has 0 aromatic heterocycles. The van der Waals surface area contributed by atoms with Crippen molar-refractivity contribution in [3.63, 3.8) is 0 Å². The number of carbonyl (C=O) groups is 2. The SMILES string of the molecule is CCC(C)CC(C)(C)CSSCCOC(=O)CCN(CCCN(C)C)CCC(=O)OCCSSCC(C)(C)CC(C)CC.